The maximum absolute atomic E-state index is 5.86. The molecule has 3 heteroatoms. The highest BCUT2D eigenvalue weighted by atomic mass is 35.5. The first kappa shape index (κ1) is 7.32. The topological polar surface area (TPSA) is 35.2 Å². The van der Waals surface area contributed by atoms with Gasteiger partial charge in [0, 0.05) is 11.5 Å². The fourth-order valence-electron chi connectivity index (χ4n) is 1.60. The summed E-state index contributed by atoms with van der Waals surface area (Å²) in [7, 11) is 0. The zero-order valence-corrected chi connectivity index (χ0v) is 6.28. The summed E-state index contributed by atoms with van der Waals surface area (Å²) in [6.45, 7) is 2.96. The second-order valence-corrected chi connectivity index (χ2v) is 3.08. The predicted octanol–water partition coefficient (Wildman–Crippen LogP) is 0.544. The van der Waals surface area contributed by atoms with Gasteiger partial charge in [0.2, 0.25) is 0 Å². The van der Waals surface area contributed by atoms with Crippen LogP contribution in [0.5, 0.6) is 0 Å². The van der Waals surface area contributed by atoms with Crippen LogP contribution >= 0.6 is 12.4 Å². The van der Waals surface area contributed by atoms with Gasteiger partial charge in [-0.1, -0.05) is 6.92 Å². The van der Waals surface area contributed by atoms with Gasteiger partial charge in [0.15, 0.2) is 0 Å². The maximum Gasteiger partial charge on any atom is 0.0654 e. The van der Waals surface area contributed by atoms with Gasteiger partial charge in [-0.3, -0.25) is 0 Å². The van der Waals surface area contributed by atoms with Gasteiger partial charge in [0.25, 0.3) is 0 Å². The van der Waals surface area contributed by atoms with Crippen molar-refractivity contribution in [3.05, 3.63) is 0 Å². The molecule has 1 aliphatic carbocycles. The van der Waals surface area contributed by atoms with E-state index >= 15 is 0 Å². The van der Waals surface area contributed by atoms with E-state index in [9.17, 15) is 0 Å². The lowest BCUT2D eigenvalue weighted by molar-refractivity contribution is 0.0737. The molecular weight excluding hydrogens is 138 g/mol. The highest BCUT2D eigenvalue weighted by Crippen LogP contribution is 2.45. The first-order valence-electron chi connectivity index (χ1n) is 3.13. The molecule has 1 saturated carbocycles. The zero-order chi connectivity index (χ0) is 5.78. The Morgan fingerprint density at radius 2 is 2.33 bits per heavy atom. The smallest absolute Gasteiger partial charge is 0.0654 e. The summed E-state index contributed by atoms with van der Waals surface area (Å²) in [5, 5.41) is 0. The number of fused-ring (bicyclic) bond motifs is 1. The monoisotopic (exact) mass is 149 g/mol. The van der Waals surface area contributed by atoms with Crippen molar-refractivity contribution >= 4 is 12.4 Å². The van der Waals surface area contributed by atoms with Gasteiger partial charge in [0.1, 0.15) is 0 Å². The third-order valence-corrected chi connectivity index (χ3v) is 2.61. The Hall–Kier alpha value is 0.210. The number of rotatable bonds is 0. The summed E-state index contributed by atoms with van der Waals surface area (Å²) in [5.74, 6) is 0.613. The standard InChI is InChI=1S/C6H11NO.ClH/c1-4-5-2-6(4,7)3-8-5;/h4-5H,2-3,7H2,1H3;1H. The average Bonchev–Trinajstić information content (AvgIpc) is 2.21. The first-order valence-corrected chi connectivity index (χ1v) is 3.13. The quantitative estimate of drug-likeness (QED) is 0.546. The first-order chi connectivity index (χ1) is 3.72. The second-order valence-electron chi connectivity index (χ2n) is 3.08. The molecule has 0 aromatic heterocycles. The molecule has 3 atom stereocenters. The molecule has 2 bridgehead atoms. The van der Waals surface area contributed by atoms with Crippen LogP contribution in [0, 0.1) is 5.92 Å². The summed E-state index contributed by atoms with van der Waals surface area (Å²) in [6.07, 6.45) is 1.59. The van der Waals surface area contributed by atoms with E-state index in [4.69, 9.17) is 10.5 Å². The van der Waals surface area contributed by atoms with E-state index in [0.717, 1.165) is 13.0 Å². The van der Waals surface area contributed by atoms with Crippen LogP contribution in [0.15, 0.2) is 0 Å². The molecule has 2 aliphatic heterocycles. The van der Waals surface area contributed by atoms with Crippen molar-refractivity contribution in [1.29, 1.82) is 0 Å². The summed E-state index contributed by atoms with van der Waals surface area (Å²) < 4.78 is 5.32. The molecule has 2 heterocycles. The van der Waals surface area contributed by atoms with Crippen LogP contribution in [0.1, 0.15) is 13.3 Å². The SMILES string of the molecule is CC1C2CC1(N)CO2.Cl. The van der Waals surface area contributed by atoms with E-state index in [2.05, 4.69) is 6.92 Å². The molecule has 54 valence electrons. The predicted molar refractivity (Wildman–Crippen MR) is 37.7 cm³/mol. The molecule has 0 spiro atoms. The highest BCUT2D eigenvalue weighted by molar-refractivity contribution is 5.85. The second kappa shape index (κ2) is 1.84. The fraction of sp³-hybridized carbons (Fsp3) is 1.00. The fourth-order valence-corrected chi connectivity index (χ4v) is 1.60. The Morgan fingerprint density at radius 3 is 2.44 bits per heavy atom. The van der Waals surface area contributed by atoms with Crippen molar-refractivity contribution in [1.82, 2.24) is 0 Å². The number of halogens is 1. The molecule has 2 nitrogen and oxygen atoms in total. The van der Waals surface area contributed by atoms with Gasteiger partial charge >= 0.3 is 0 Å². The molecule has 3 fully saturated rings. The van der Waals surface area contributed by atoms with E-state index in [0.29, 0.717) is 12.0 Å². The van der Waals surface area contributed by atoms with E-state index in [1.54, 1.807) is 0 Å². The minimum Gasteiger partial charge on any atom is -0.376 e. The molecule has 0 aromatic carbocycles. The van der Waals surface area contributed by atoms with Crippen LogP contribution in [0.2, 0.25) is 0 Å². The van der Waals surface area contributed by atoms with Gasteiger partial charge in [0.05, 0.1) is 12.7 Å². The highest BCUT2D eigenvalue weighted by Gasteiger charge is 2.55. The summed E-state index contributed by atoms with van der Waals surface area (Å²) >= 11 is 0. The van der Waals surface area contributed by atoms with Crippen LogP contribution < -0.4 is 5.73 Å². The molecule has 0 aromatic rings. The third kappa shape index (κ3) is 0.704. The molecule has 0 amide bonds. The molecule has 3 aliphatic rings. The lowest BCUT2D eigenvalue weighted by Gasteiger charge is -2.39. The normalized spacial score (nSPS) is 54.0. The largest absolute Gasteiger partial charge is 0.376 e. The van der Waals surface area contributed by atoms with E-state index in [-0.39, 0.29) is 17.9 Å². The van der Waals surface area contributed by atoms with Crippen molar-refractivity contribution in [3.63, 3.8) is 0 Å². The van der Waals surface area contributed by atoms with Gasteiger partial charge < -0.3 is 10.5 Å². The molecule has 9 heavy (non-hydrogen) atoms. The molecule has 3 unspecified atom stereocenters. The van der Waals surface area contributed by atoms with E-state index in [1.807, 2.05) is 0 Å². The molecule has 2 saturated heterocycles. The molecule has 2 N–H and O–H groups in total. The van der Waals surface area contributed by atoms with Crippen molar-refractivity contribution in [2.45, 2.75) is 25.0 Å². The van der Waals surface area contributed by atoms with Gasteiger partial charge in [-0.2, -0.15) is 0 Å². The van der Waals surface area contributed by atoms with Crippen LogP contribution in [0.25, 0.3) is 0 Å². The van der Waals surface area contributed by atoms with Crippen molar-refractivity contribution in [2.24, 2.45) is 11.7 Å². The van der Waals surface area contributed by atoms with Crippen molar-refractivity contribution in [2.75, 3.05) is 6.61 Å². The van der Waals surface area contributed by atoms with Crippen LogP contribution in [0.3, 0.4) is 0 Å². The third-order valence-electron chi connectivity index (χ3n) is 2.61. The summed E-state index contributed by atoms with van der Waals surface area (Å²) in [4.78, 5) is 0. The van der Waals surface area contributed by atoms with Gasteiger partial charge in [-0.25, -0.2) is 0 Å². The number of hydrogen-bond donors (Lipinski definition) is 1. The number of ether oxygens (including phenoxy) is 1. The van der Waals surface area contributed by atoms with Crippen LogP contribution in [0.4, 0.5) is 0 Å². The Bertz CT molecular complexity index is 126. The van der Waals surface area contributed by atoms with E-state index in [1.165, 1.54) is 0 Å². The summed E-state index contributed by atoms with van der Waals surface area (Å²) in [6, 6.07) is 0. The number of nitrogens with two attached hydrogens (primary N) is 1. The number of hydrogen-bond acceptors (Lipinski definition) is 2. The summed E-state index contributed by atoms with van der Waals surface area (Å²) in [5.41, 5.74) is 5.94. The zero-order valence-electron chi connectivity index (χ0n) is 5.46. The molecular formula is C6H12ClNO. The average molecular weight is 150 g/mol. The van der Waals surface area contributed by atoms with Gasteiger partial charge in [-0.15, -0.1) is 12.4 Å². The lowest BCUT2D eigenvalue weighted by atomic mass is 9.69. The van der Waals surface area contributed by atoms with Gasteiger partial charge in [-0.05, 0) is 6.42 Å². The molecule has 3 rings (SSSR count). The molecule has 0 radical (unpaired) electrons. The minimum atomic E-state index is 0. The van der Waals surface area contributed by atoms with Crippen LogP contribution in [-0.4, -0.2) is 18.2 Å². The Kier molecular flexibility index (Phi) is 1.50. The van der Waals surface area contributed by atoms with Crippen LogP contribution in [-0.2, 0) is 4.74 Å². The lowest BCUT2D eigenvalue weighted by Crippen LogP contribution is -2.56. The van der Waals surface area contributed by atoms with E-state index < -0.39 is 0 Å². The maximum atomic E-state index is 5.86. The Balaban J connectivity index is 0.000000405. The Morgan fingerprint density at radius 1 is 1.67 bits per heavy atom. The van der Waals surface area contributed by atoms with Crippen molar-refractivity contribution in [3.8, 4) is 0 Å². The minimum absolute atomic E-state index is 0. The van der Waals surface area contributed by atoms with Crippen molar-refractivity contribution < 1.29 is 4.74 Å². The Labute approximate surface area is 61.2 Å².